The second-order valence-electron chi connectivity index (χ2n) is 5.89. The Hall–Kier alpha value is -2.48. The predicted octanol–water partition coefficient (Wildman–Crippen LogP) is 1.28. The summed E-state index contributed by atoms with van der Waals surface area (Å²) >= 11 is 0. The van der Waals surface area contributed by atoms with E-state index in [0.29, 0.717) is 18.7 Å². The van der Waals surface area contributed by atoms with Gasteiger partial charge in [0.1, 0.15) is 12.4 Å². The molecule has 1 aliphatic heterocycles. The van der Waals surface area contributed by atoms with E-state index in [1.54, 1.807) is 4.90 Å². The topological polar surface area (TPSA) is 77.6 Å². The van der Waals surface area contributed by atoms with E-state index in [4.69, 9.17) is 9.15 Å². The first-order valence-electron chi connectivity index (χ1n) is 7.69. The van der Waals surface area contributed by atoms with Crippen LogP contribution in [-0.2, 0) is 16.1 Å². The maximum atomic E-state index is 12.9. The highest BCUT2D eigenvalue weighted by Gasteiger charge is 2.26. The lowest BCUT2D eigenvalue weighted by molar-refractivity contribution is -0.144. The van der Waals surface area contributed by atoms with Crippen LogP contribution in [0.2, 0.25) is 0 Å². The number of amides is 1. The minimum atomic E-state index is -0.725. The Morgan fingerprint density at radius 3 is 2.50 bits per heavy atom. The van der Waals surface area contributed by atoms with E-state index < -0.39 is 11.6 Å². The molecule has 24 heavy (non-hydrogen) atoms. The minimum Gasteiger partial charge on any atom is -0.388 e. The van der Waals surface area contributed by atoms with E-state index in [0.717, 1.165) is 4.68 Å². The molecule has 2 heterocycles. The Balaban J connectivity index is 1.75. The van der Waals surface area contributed by atoms with Crippen LogP contribution in [0, 0.1) is 5.82 Å². The Kier molecular flexibility index (Phi) is 4.48. The average molecular weight is 335 g/mol. The molecule has 1 saturated heterocycles. The van der Waals surface area contributed by atoms with E-state index in [1.807, 2.05) is 13.8 Å². The van der Waals surface area contributed by atoms with Gasteiger partial charge in [0.2, 0.25) is 11.8 Å². The number of nitrogens with zero attached hydrogens (tertiary/aromatic N) is 3. The minimum absolute atomic E-state index is 0.0523. The van der Waals surface area contributed by atoms with Crippen LogP contribution in [-0.4, -0.2) is 45.9 Å². The molecule has 0 N–H and O–H groups in total. The summed E-state index contributed by atoms with van der Waals surface area (Å²) in [6.45, 7) is 4.53. The lowest BCUT2D eigenvalue weighted by Gasteiger charge is -2.35. The molecule has 0 aliphatic carbocycles. The third-order valence-electron chi connectivity index (χ3n) is 3.75. The van der Waals surface area contributed by atoms with Crippen molar-refractivity contribution in [1.82, 2.24) is 14.7 Å². The molecule has 1 fully saturated rings. The molecule has 1 aromatic carbocycles. The smallest absolute Gasteiger partial charge is 0.388 e. The molecule has 2 atom stereocenters. The van der Waals surface area contributed by atoms with Gasteiger partial charge in [-0.2, -0.15) is 4.68 Å². The van der Waals surface area contributed by atoms with Gasteiger partial charge in [0, 0.05) is 18.7 Å². The second-order valence-corrected chi connectivity index (χ2v) is 5.89. The Morgan fingerprint density at radius 2 is 1.88 bits per heavy atom. The number of aromatic nitrogens is 2. The number of carbonyl (C=O) groups is 1. The molecule has 7 nitrogen and oxygen atoms in total. The van der Waals surface area contributed by atoms with Gasteiger partial charge >= 0.3 is 5.76 Å². The van der Waals surface area contributed by atoms with E-state index in [-0.39, 0.29) is 30.6 Å². The summed E-state index contributed by atoms with van der Waals surface area (Å²) in [6, 6.07) is 5.40. The Labute approximate surface area is 137 Å². The van der Waals surface area contributed by atoms with Crippen LogP contribution in [0.3, 0.4) is 0 Å². The highest BCUT2D eigenvalue weighted by molar-refractivity contribution is 5.76. The summed E-state index contributed by atoms with van der Waals surface area (Å²) in [4.78, 5) is 25.9. The van der Waals surface area contributed by atoms with Crippen molar-refractivity contribution in [3.8, 4) is 11.5 Å². The van der Waals surface area contributed by atoms with Crippen LogP contribution in [0.4, 0.5) is 4.39 Å². The number of rotatable bonds is 3. The first-order valence-corrected chi connectivity index (χ1v) is 7.69. The molecule has 0 saturated carbocycles. The first-order chi connectivity index (χ1) is 11.4. The number of morpholine rings is 1. The lowest BCUT2D eigenvalue weighted by Crippen LogP contribution is -2.49. The van der Waals surface area contributed by atoms with Crippen LogP contribution in [0.5, 0.6) is 0 Å². The highest BCUT2D eigenvalue weighted by Crippen LogP contribution is 2.16. The summed E-state index contributed by atoms with van der Waals surface area (Å²) in [7, 11) is 0. The van der Waals surface area contributed by atoms with Crippen molar-refractivity contribution in [2.45, 2.75) is 32.6 Å². The van der Waals surface area contributed by atoms with Gasteiger partial charge < -0.3 is 14.1 Å². The van der Waals surface area contributed by atoms with Gasteiger partial charge in [0.05, 0.1) is 12.2 Å². The molecular weight excluding hydrogens is 317 g/mol. The number of ether oxygens (including phenoxy) is 1. The molecule has 3 rings (SSSR count). The van der Waals surface area contributed by atoms with E-state index in [1.165, 1.54) is 24.3 Å². The third kappa shape index (κ3) is 3.53. The van der Waals surface area contributed by atoms with Crippen LogP contribution in [0.15, 0.2) is 33.5 Å². The third-order valence-corrected chi connectivity index (χ3v) is 3.75. The monoisotopic (exact) mass is 335 g/mol. The van der Waals surface area contributed by atoms with Crippen molar-refractivity contribution in [2.24, 2.45) is 0 Å². The van der Waals surface area contributed by atoms with Crippen molar-refractivity contribution < 1.29 is 18.3 Å². The molecule has 8 heteroatoms. The van der Waals surface area contributed by atoms with Gasteiger partial charge in [-0.1, -0.05) is 0 Å². The van der Waals surface area contributed by atoms with E-state index in [9.17, 15) is 14.0 Å². The van der Waals surface area contributed by atoms with Gasteiger partial charge in [0.15, 0.2) is 0 Å². The average Bonchev–Trinajstić information content (AvgIpc) is 2.88. The van der Waals surface area contributed by atoms with Crippen molar-refractivity contribution >= 4 is 5.91 Å². The molecule has 0 bridgehead atoms. The quantitative estimate of drug-likeness (QED) is 0.844. The van der Waals surface area contributed by atoms with Crippen molar-refractivity contribution in [2.75, 3.05) is 13.1 Å². The van der Waals surface area contributed by atoms with Gasteiger partial charge in [-0.05, 0) is 38.1 Å². The fourth-order valence-electron chi connectivity index (χ4n) is 2.72. The Bertz CT molecular complexity index is 773. The number of carbonyl (C=O) groups excluding carboxylic acids is 1. The fraction of sp³-hybridized carbons (Fsp3) is 0.438. The summed E-state index contributed by atoms with van der Waals surface area (Å²) in [5.41, 5.74) is 0.466. The molecule has 1 aromatic heterocycles. The number of halogens is 1. The zero-order valence-electron chi connectivity index (χ0n) is 13.4. The molecule has 0 radical (unpaired) electrons. The maximum absolute atomic E-state index is 12.9. The maximum Gasteiger partial charge on any atom is 0.437 e. The summed E-state index contributed by atoms with van der Waals surface area (Å²) in [5.74, 6) is -1.29. The standard InChI is InChI=1S/C16H18FN3O4/c1-10-7-19(8-11(2)23-10)14(21)9-20-16(22)24-15(18-20)12-3-5-13(17)6-4-12/h3-6,10-11H,7-9H2,1-2H3. The summed E-state index contributed by atoms with van der Waals surface area (Å²) in [5, 5.41) is 4.02. The zero-order valence-corrected chi connectivity index (χ0v) is 13.4. The molecule has 1 amide bonds. The van der Waals surface area contributed by atoms with Crippen LogP contribution in [0.25, 0.3) is 11.5 Å². The van der Waals surface area contributed by atoms with Crippen LogP contribution >= 0.6 is 0 Å². The molecule has 2 aromatic rings. The summed E-state index contributed by atoms with van der Waals surface area (Å²) in [6.07, 6.45) is -0.108. The molecule has 2 unspecified atom stereocenters. The van der Waals surface area contributed by atoms with Gasteiger partial charge in [0.25, 0.3) is 0 Å². The largest absolute Gasteiger partial charge is 0.437 e. The van der Waals surface area contributed by atoms with Crippen molar-refractivity contribution in [3.05, 3.63) is 40.6 Å². The molecular formula is C16H18FN3O4. The van der Waals surface area contributed by atoms with Crippen LogP contribution in [0.1, 0.15) is 13.8 Å². The van der Waals surface area contributed by atoms with Gasteiger partial charge in [-0.15, -0.1) is 5.10 Å². The summed E-state index contributed by atoms with van der Waals surface area (Å²) < 4.78 is 24.6. The highest BCUT2D eigenvalue weighted by atomic mass is 19.1. The van der Waals surface area contributed by atoms with Gasteiger partial charge in [-0.25, -0.2) is 9.18 Å². The SMILES string of the molecule is CC1CN(C(=O)Cn2nc(-c3ccc(F)cc3)oc2=O)CC(C)O1. The number of benzene rings is 1. The second kappa shape index (κ2) is 6.56. The Morgan fingerprint density at radius 1 is 1.25 bits per heavy atom. The molecule has 1 aliphatic rings. The predicted molar refractivity (Wildman–Crippen MR) is 82.7 cm³/mol. The number of hydrogen-bond donors (Lipinski definition) is 0. The van der Waals surface area contributed by atoms with Crippen molar-refractivity contribution in [3.63, 3.8) is 0 Å². The zero-order chi connectivity index (χ0) is 17.3. The van der Waals surface area contributed by atoms with Gasteiger partial charge in [-0.3, -0.25) is 4.79 Å². The first kappa shape index (κ1) is 16.4. The van der Waals surface area contributed by atoms with E-state index in [2.05, 4.69) is 5.10 Å². The molecule has 128 valence electrons. The van der Waals surface area contributed by atoms with E-state index >= 15 is 0 Å². The number of hydrogen-bond acceptors (Lipinski definition) is 5. The normalized spacial score (nSPS) is 21.0. The van der Waals surface area contributed by atoms with Crippen LogP contribution < -0.4 is 5.76 Å². The molecule has 0 spiro atoms. The van der Waals surface area contributed by atoms with Crippen molar-refractivity contribution in [1.29, 1.82) is 0 Å². The lowest BCUT2D eigenvalue weighted by atomic mass is 10.2. The fourth-order valence-corrected chi connectivity index (χ4v) is 2.72.